The molecule has 2 heterocycles. The summed E-state index contributed by atoms with van der Waals surface area (Å²) >= 11 is 0. The highest BCUT2D eigenvalue weighted by atomic mass is 16.2. The minimum atomic E-state index is -0.607. The van der Waals surface area contributed by atoms with Gasteiger partial charge in [0.15, 0.2) is 5.78 Å². The number of benzene rings is 3. The zero-order valence-electron chi connectivity index (χ0n) is 21.7. The molecule has 6 rings (SSSR count). The predicted molar refractivity (Wildman–Crippen MR) is 155 cm³/mol. The number of hydrogen-bond acceptors (Lipinski definition) is 4. The minimum absolute atomic E-state index is 0.0424. The van der Waals surface area contributed by atoms with Crippen LogP contribution in [-0.2, 0) is 9.59 Å². The molecule has 0 saturated carbocycles. The Kier molecular flexibility index (Phi) is 6.64. The van der Waals surface area contributed by atoms with Gasteiger partial charge in [0.1, 0.15) is 0 Å². The highest BCUT2D eigenvalue weighted by molar-refractivity contribution is 6.10. The Hall–Kier alpha value is -4.77. The maximum Gasteiger partial charge on any atom is 0.251 e. The fourth-order valence-electron chi connectivity index (χ4n) is 5.57. The molecule has 0 spiro atoms. The molecule has 192 valence electrons. The molecule has 0 radical (unpaired) electrons. The monoisotopic (exact) mass is 511 g/mol. The predicted octanol–water partition coefficient (Wildman–Crippen LogP) is 7.00. The number of para-hydroxylation sites is 2. The number of Topliss-reactive ketones (excluding diaryl/α,β-unsaturated/α-hetero) is 1. The summed E-state index contributed by atoms with van der Waals surface area (Å²) in [5, 5.41) is 3.58. The Morgan fingerprint density at radius 3 is 2.44 bits per heavy atom. The van der Waals surface area contributed by atoms with E-state index in [-0.39, 0.29) is 17.6 Å². The van der Waals surface area contributed by atoms with Crippen LogP contribution in [0.15, 0.2) is 121 Å². The summed E-state index contributed by atoms with van der Waals surface area (Å²) in [5.74, 6) is -0.101. The Labute approximate surface area is 228 Å². The summed E-state index contributed by atoms with van der Waals surface area (Å²) in [6, 6.07) is 29.1. The minimum Gasteiger partial charge on any atom is -0.357 e. The number of ketones is 1. The van der Waals surface area contributed by atoms with Crippen LogP contribution < -0.4 is 10.2 Å². The summed E-state index contributed by atoms with van der Waals surface area (Å²) in [6.45, 7) is 2.07. The number of anilines is 2. The molecule has 39 heavy (non-hydrogen) atoms. The Bertz CT molecular complexity index is 1570. The number of allylic oxidation sites excluding steroid dienone is 1. The lowest BCUT2D eigenvalue weighted by Crippen LogP contribution is -2.37. The SMILES string of the molecule is Cc1ccc([C@@H]2CC(=O)C3=C(C2)Nc2ccccc2N(C(=O)/C=C/c2ccccc2)[C@H]3c2cccnc2)cc1. The van der Waals surface area contributed by atoms with Crippen molar-refractivity contribution in [2.75, 3.05) is 10.2 Å². The van der Waals surface area contributed by atoms with Gasteiger partial charge in [-0.3, -0.25) is 19.5 Å². The lowest BCUT2D eigenvalue weighted by molar-refractivity contribution is -0.116. The number of aromatic nitrogens is 1. The van der Waals surface area contributed by atoms with Crippen LogP contribution in [0, 0.1) is 6.92 Å². The third-order valence-electron chi connectivity index (χ3n) is 7.49. The van der Waals surface area contributed by atoms with Crippen LogP contribution in [0.1, 0.15) is 47.1 Å². The first-order chi connectivity index (χ1) is 19.1. The quantitative estimate of drug-likeness (QED) is 0.300. The van der Waals surface area contributed by atoms with Crippen LogP contribution in [0.4, 0.5) is 11.4 Å². The van der Waals surface area contributed by atoms with Crippen molar-refractivity contribution in [3.05, 3.63) is 143 Å². The number of nitrogens with one attached hydrogen (secondary N) is 1. The van der Waals surface area contributed by atoms with Gasteiger partial charge in [-0.25, -0.2) is 0 Å². The van der Waals surface area contributed by atoms with E-state index in [9.17, 15) is 9.59 Å². The molecular weight excluding hydrogens is 482 g/mol. The second-order valence-electron chi connectivity index (χ2n) is 10.1. The lowest BCUT2D eigenvalue weighted by atomic mass is 9.78. The van der Waals surface area contributed by atoms with E-state index in [1.165, 1.54) is 5.56 Å². The molecular formula is C34H29N3O2. The van der Waals surface area contributed by atoms with Gasteiger partial charge in [-0.15, -0.1) is 0 Å². The first kappa shape index (κ1) is 24.6. The molecule has 0 saturated heterocycles. The number of amides is 1. The molecule has 5 heteroatoms. The van der Waals surface area contributed by atoms with Crippen molar-refractivity contribution in [2.45, 2.75) is 31.7 Å². The first-order valence-corrected chi connectivity index (χ1v) is 13.2. The molecule has 5 nitrogen and oxygen atoms in total. The molecule has 4 aromatic rings. The van der Waals surface area contributed by atoms with Crippen LogP contribution in [0.5, 0.6) is 0 Å². The number of carbonyl (C=O) groups is 2. The van der Waals surface area contributed by atoms with E-state index in [4.69, 9.17) is 0 Å². The van der Waals surface area contributed by atoms with Crippen LogP contribution >= 0.6 is 0 Å². The van der Waals surface area contributed by atoms with Crippen molar-refractivity contribution in [3.63, 3.8) is 0 Å². The molecule has 3 aromatic carbocycles. The van der Waals surface area contributed by atoms with Gasteiger partial charge in [0.2, 0.25) is 0 Å². The van der Waals surface area contributed by atoms with Crippen LogP contribution in [0.2, 0.25) is 0 Å². The van der Waals surface area contributed by atoms with E-state index in [1.807, 2.05) is 72.8 Å². The summed E-state index contributed by atoms with van der Waals surface area (Å²) in [6.07, 6.45) is 7.93. The Morgan fingerprint density at radius 2 is 1.67 bits per heavy atom. The highest BCUT2D eigenvalue weighted by Gasteiger charge is 2.41. The van der Waals surface area contributed by atoms with Crippen molar-refractivity contribution in [1.82, 2.24) is 4.98 Å². The van der Waals surface area contributed by atoms with Crippen LogP contribution in [0.3, 0.4) is 0 Å². The summed E-state index contributed by atoms with van der Waals surface area (Å²) < 4.78 is 0. The van der Waals surface area contributed by atoms with E-state index in [2.05, 4.69) is 41.5 Å². The first-order valence-electron chi connectivity index (χ1n) is 13.2. The van der Waals surface area contributed by atoms with Gasteiger partial charge in [-0.1, -0.05) is 78.4 Å². The second-order valence-corrected chi connectivity index (χ2v) is 10.1. The summed E-state index contributed by atoms with van der Waals surface area (Å²) in [5.41, 5.74) is 7.09. The van der Waals surface area contributed by atoms with Gasteiger partial charge in [0, 0.05) is 36.2 Å². The van der Waals surface area contributed by atoms with Gasteiger partial charge in [-0.2, -0.15) is 0 Å². The average molecular weight is 512 g/mol. The maximum absolute atomic E-state index is 14.0. The van der Waals surface area contributed by atoms with Gasteiger partial charge in [-0.05, 0) is 60.2 Å². The smallest absolute Gasteiger partial charge is 0.251 e. The molecule has 0 bridgehead atoms. The van der Waals surface area contributed by atoms with Crippen LogP contribution in [-0.4, -0.2) is 16.7 Å². The average Bonchev–Trinajstić information content (AvgIpc) is 3.12. The zero-order valence-corrected chi connectivity index (χ0v) is 21.7. The van der Waals surface area contributed by atoms with E-state index < -0.39 is 6.04 Å². The van der Waals surface area contributed by atoms with Crippen molar-refractivity contribution < 1.29 is 9.59 Å². The number of hydrogen-bond donors (Lipinski definition) is 1. The second kappa shape index (κ2) is 10.5. The lowest BCUT2D eigenvalue weighted by Gasteiger charge is -2.34. The van der Waals surface area contributed by atoms with Crippen LogP contribution in [0.25, 0.3) is 6.08 Å². The molecule has 1 aliphatic carbocycles. The molecule has 1 N–H and O–H groups in total. The third kappa shape index (κ3) is 4.91. The number of rotatable bonds is 4. The molecule has 1 aromatic heterocycles. The molecule has 2 atom stereocenters. The van der Waals surface area contributed by atoms with E-state index in [0.29, 0.717) is 18.4 Å². The molecule has 1 amide bonds. The molecule has 0 fully saturated rings. The third-order valence-corrected chi connectivity index (χ3v) is 7.49. The Morgan fingerprint density at radius 1 is 0.897 bits per heavy atom. The van der Waals surface area contributed by atoms with E-state index in [0.717, 1.165) is 33.8 Å². The topological polar surface area (TPSA) is 62.3 Å². The van der Waals surface area contributed by atoms with E-state index in [1.54, 1.807) is 23.4 Å². The number of fused-ring (bicyclic) bond motifs is 1. The highest BCUT2D eigenvalue weighted by Crippen LogP contribution is 2.47. The summed E-state index contributed by atoms with van der Waals surface area (Å²) in [4.78, 5) is 34.2. The Balaban J connectivity index is 1.49. The number of pyridine rings is 1. The van der Waals surface area contributed by atoms with Crippen molar-refractivity contribution in [3.8, 4) is 0 Å². The molecule has 2 aliphatic rings. The van der Waals surface area contributed by atoms with Crippen molar-refractivity contribution in [2.24, 2.45) is 0 Å². The van der Waals surface area contributed by atoms with Gasteiger partial charge < -0.3 is 5.32 Å². The van der Waals surface area contributed by atoms with Gasteiger partial charge in [0.05, 0.1) is 17.4 Å². The number of aryl methyl sites for hydroxylation is 1. The standard InChI is InChI=1S/C34H29N3O2/c1-23-13-16-25(17-14-23)27-20-29-33(31(38)21-27)34(26-10-7-19-35-22-26)37(30-12-6-5-11-28(30)36-29)32(39)18-15-24-8-3-2-4-9-24/h2-19,22,27,34,36H,20-21H2,1H3/b18-15+/t27-,34-/m0/s1. The maximum atomic E-state index is 14.0. The largest absolute Gasteiger partial charge is 0.357 e. The fourth-order valence-corrected chi connectivity index (χ4v) is 5.57. The molecule has 0 unspecified atom stereocenters. The molecule has 1 aliphatic heterocycles. The van der Waals surface area contributed by atoms with Crippen molar-refractivity contribution >= 4 is 29.1 Å². The summed E-state index contributed by atoms with van der Waals surface area (Å²) in [7, 11) is 0. The van der Waals surface area contributed by atoms with Gasteiger partial charge in [0.25, 0.3) is 5.91 Å². The van der Waals surface area contributed by atoms with Crippen molar-refractivity contribution in [1.29, 1.82) is 0 Å². The fraction of sp³-hybridized carbons (Fsp3) is 0.147. The van der Waals surface area contributed by atoms with Gasteiger partial charge >= 0.3 is 0 Å². The number of carbonyl (C=O) groups excluding carboxylic acids is 2. The zero-order chi connectivity index (χ0) is 26.8. The number of nitrogens with zero attached hydrogens (tertiary/aromatic N) is 2. The normalized spacial score (nSPS) is 18.8. The van der Waals surface area contributed by atoms with E-state index >= 15 is 0 Å².